The molecule has 0 aromatic carbocycles. The molecule has 4 nitrogen and oxygen atoms in total. The highest BCUT2D eigenvalue weighted by Gasteiger charge is 2.45. The van der Waals surface area contributed by atoms with Crippen LogP contribution in [0.3, 0.4) is 0 Å². The first kappa shape index (κ1) is 17.0. The smallest absolute Gasteiger partial charge is 0.245 e. The molecule has 2 amide bonds. The molecule has 0 aromatic rings. The monoisotopic (exact) mass is 282 g/mol. The Balaban J connectivity index is 2.89. The average molecular weight is 282 g/mol. The lowest BCUT2D eigenvalue weighted by atomic mass is 9.82. The average Bonchev–Trinajstić information content (AvgIpc) is 2.30. The second-order valence-corrected chi connectivity index (χ2v) is 7.31. The Labute approximate surface area is 123 Å². The summed E-state index contributed by atoms with van der Waals surface area (Å²) in [6.45, 7) is 13.0. The van der Waals surface area contributed by atoms with Gasteiger partial charge in [0.2, 0.25) is 11.8 Å². The second kappa shape index (κ2) is 6.59. The maximum atomic E-state index is 12.5. The zero-order valence-electron chi connectivity index (χ0n) is 13.8. The maximum absolute atomic E-state index is 12.5. The lowest BCUT2D eigenvalue weighted by Crippen LogP contribution is -2.66. The van der Waals surface area contributed by atoms with Crippen LogP contribution in [0.5, 0.6) is 0 Å². The van der Waals surface area contributed by atoms with Gasteiger partial charge in [-0.3, -0.25) is 9.59 Å². The Morgan fingerprint density at radius 2 is 1.85 bits per heavy atom. The molecule has 20 heavy (non-hydrogen) atoms. The summed E-state index contributed by atoms with van der Waals surface area (Å²) in [5.41, 5.74) is -0.240. The summed E-state index contributed by atoms with van der Waals surface area (Å²) in [5.74, 6) is 0.697. The molecule has 2 atom stereocenters. The SMILES string of the molecule is CCC1NC(=O)C(C(C)(C)C)N(CCCC(C)C)C1=O. The minimum Gasteiger partial charge on any atom is -0.342 e. The van der Waals surface area contributed by atoms with Crippen LogP contribution < -0.4 is 5.32 Å². The number of hydrogen-bond donors (Lipinski definition) is 1. The van der Waals surface area contributed by atoms with Gasteiger partial charge in [-0.2, -0.15) is 0 Å². The van der Waals surface area contributed by atoms with Crippen molar-refractivity contribution in [2.75, 3.05) is 6.54 Å². The van der Waals surface area contributed by atoms with Crippen molar-refractivity contribution < 1.29 is 9.59 Å². The van der Waals surface area contributed by atoms with Crippen molar-refractivity contribution >= 4 is 11.8 Å². The largest absolute Gasteiger partial charge is 0.342 e. The highest BCUT2D eigenvalue weighted by molar-refractivity contribution is 5.97. The lowest BCUT2D eigenvalue weighted by molar-refractivity contribution is -0.154. The van der Waals surface area contributed by atoms with Gasteiger partial charge in [-0.25, -0.2) is 0 Å². The summed E-state index contributed by atoms with van der Waals surface area (Å²) in [6.07, 6.45) is 2.70. The number of hydrogen-bond acceptors (Lipinski definition) is 2. The molecule has 0 spiro atoms. The van der Waals surface area contributed by atoms with E-state index in [-0.39, 0.29) is 29.3 Å². The van der Waals surface area contributed by atoms with E-state index in [1.54, 1.807) is 0 Å². The maximum Gasteiger partial charge on any atom is 0.245 e. The summed E-state index contributed by atoms with van der Waals surface area (Å²) in [7, 11) is 0. The standard InChI is InChI=1S/C16H30N2O2/c1-7-12-15(20)18(10-8-9-11(2)3)13(14(19)17-12)16(4,5)6/h11-13H,7-10H2,1-6H3,(H,17,19). The summed E-state index contributed by atoms with van der Waals surface area (Å²) >= 11 is 0. The van der Waals surface area contributed by atoms with E-state index in [1.807, 2.05) is 32.6 Å². The summed E-state index contributed by atoms with van der Waals surface area (Å²) in [6, 6.07) is -0.704. The molecule has 1 heterocycles. The number of amides is 2. The van der Waals surface area contributed by atoms with Gasteiger partial charge in [0, 0.05) is 6.54 Å². The first-order valence-electron chi connectivity index (χ1n) is 7.79. The normalized spacial score (nSPS) is 24.2. The predicted octanol–water partition coefficient (Wildman–Crippen LogP) is 2.57. The van der Waals surface area contributed by atoms with Crippen LogP contribution in [0.4, 0.5) is 0 Å². The number of rotatable bonds is 5. The molecule has 116 valence electrons. The van der Waals surface area contributed by atoms with E-state index in [0.717, 1.165) is 12.8 Å². The van der Waals surface area contributed by atoms with Gasteiger partial charge in [-0.15, -0.1) is 0 Å². The van der Waals surface area contributed by atoms with Gasteiger partial charge < -0.3 is 10.2 Å². The van der Waals surface area contributed by atoms with Gasteiger partial charge in [0.05, 0.1) is 0 Å². The molecule has 0 aliphatic carbocycles. The molecule has 1 aliphatic heterocycles. The summed E-state index contributed by atoms with van der Waals surface area (Å²) in [4.78, 5) is 26.7. The summed E-state index contributed by atoms with van der Waals surface area (Å²) in [5, 5.41) is 2.87. The second-order valence-electron chi connectivity index (χ2n) is 7.31. The van der Waals surface area contributed by atoms with Gasteiger partial charge in [-0.1, -0.05) is 41.5 Å². The van der Waals surface area contributed by atoms with Crippen molar-refractivity contribution in [3.63, 3.8) is 0 Å². The topological polar surface area (TPSA) is 49.4 Å². The Bertz CT molecular complexity index is 358. The predicted molar refractivity (Wildman–Crippen MR) is 81.2 cm³/mol. The zero-order valence-corrected chi connectivity index (χ0v) is 13.8. The van der Waals surface area contributed by atoms with Gasteiger partial charge in [0.15, 0.2) is 0 Å². The molecule has 1 rings (SSSR count). The Morgan fingerprint density at radius 3 is 2.30 bits per heavy atom. The van der Waals surface area contributed by atoms with E-state index in [9.17, 15) is 9.59 Å². The first-order chi connectivity index (χ1) is 9.18. The number of piperazine rings is 1. The molecule has 4 heteroatoms. The molecular weight excluding hydrogens is 252 g/mol. The van der Waals surface area contributed by atoms with E-state index in [0.29, 0.717) is 18.9 Å². The molecule has 1 fully saturated rings. The fourth-order valence-electron chi connectivity index (χ4n) is 2.83. The van der Waals surface area contributed by atoms with Crippen molar-refractivity contribution in [1.29, 1.82) is 0 Å². The first-order valence-corrected chi connectivity index (χ1v) is 7.79. The third-order valence-corrected chi connectivity index (χ3v) is 3.87. The van der Waals surface area contributed by atoms with E-state index in [2.05, 4.69) is 19.2 Å². The number of nitrogens with one attached hydrogen (secondary N) is 1. The van der Waals surface area contributed by atoms with Crippen molar-refractivity contribution in [2.24, 2.45) is 11.3 Å². The molecule has 0 bridgehead atoms. The van der Waals surface area contributed by atoms with Gasteiger partial charge in [-0.05, 0) is 30.6 Å². The third-order valence-electron chi connectivity index (χ3n) is 3.87. The fraction of sp³-hybridized carbons (Fsp3) is 0.875. The van der Waals surface area contributed by atoms with E-state index >= 15 is 0 Å². The van der Waals surface area contributed by atoms with Crippen LogP contribution in [0.25, 0.3) is 0 Å². The highest BCUT2D eigenvalue weighted by Crippen LogP contribution is 2.28. The molecule has 0 radical (unpaired) electrons. The number of carbonyl (C=O) groups is 2. The number of carbonyl (C=O) groups excluding carboxylic acids is 2. The van der Waals surface area contributed by atoms with Crippen LogP contribution in [-0.2, 0) is 9.59 Å². The van der Waals surface area contributed by atoms with Crippen molar-refractivity contribution in [3.05, 3.63) is 0 Å². The van der Waals surface area contributed by atoms with Crippen LogP contribution in [0, 0.1) is 11.3 Å². The highest BCUT2D eigenvalue weighted by atomic mass is 16.2. The molecule has 1 aliphatic rings. The van der Waals surface area contributed by atoms with Crippen molar-refractivity contribution in [3.8, 4) is 0 Å². The lowest BCUT2D eigenvalue weighted by Gasteiger charge is -2.44. The molecular formula is C16H30N2O2. The molecule has 1 N–H and O–H groups in total. The molecule has 1 saturated heterocycles. The van der Waals surface area contributed by atoms with Crippen LogP contribution in [0.2, 0.25) is 0 Å². The summed E-state index contributed by atoms with van der Waals surface area (Å²) < 4.78 is 0. The van der Waals surface area contributed by atoms with Crippen LogP contribution in [0.1, 0.15) is 60.8 Å². The Kier molecular flexibility index (Phi) is 5.60. The molecule has 0 saturated carbocycles. The van der Waals surface area contributed by atoms with Crippen molar-refractivity contribution in [1.82, 2.24) is 10.2 Å². The van der Waals surface area contributed by atoms with Gasteiger partial charge >= 0.3 is 0 Å². The Morgan fingerprint density at radius 1 is 1.25 bits per heavy atom. The third kappa shape index (κ3) is 3.97. The van der Waals surface area contributed by atoms with E-state index in [4.69, 9.17) is 0 Å². The zero-order chi connectivity index (χ0) is 15.5. The van der Waals surface area contributed by atoms with Gasteiger partial charge in [0.1, 0.15) is 12.1 Å². The van der Waals surface area contributed by atoms with Crippen molar-refractivity contribution in [2.45, 2.75) is 72.9 Å². The quantitative estimate of drug-likeness (QED) is 0.842. The molecule has 2 unspecified atom stereocenters. The Hall–Kier alpha value is -1.06. The van der Waals surface area contributed by atoms with Crippen LogP contribution in [0.15, 0.2) is 0 Å². The van der Waals surface area contributed by atoms with Crippen LogP contribution >= 0.6 is 0 Å². The minimum atomic E-state index is -0.357. The minimum absolute atomic E-state index is 0.00602. The fourth-order valence-corrected chi connectivity index (χ4v) is 2.83. The van der Waals surface area contributed by atoms with E-state index < -0.39 is 0 Å². The van der Waals surface area contributed by atoms with E-state index in [1.165, 1.54) is 0 Å². The van der Waals surface area contributed by atoms with Gasteiger partial charge in [0.25, 0.3) is 0 Å². The number of nitrogens with zero attached hydrogens (tertiary/aromatic N) is 1. The molecule has 0 aromatic heterocycles. The van der Waals surface area contributed by atoms with Crippen LogP contribution in [-0.4, -0.2) is 35.3 Å².